The molecule has 3 rings (SSSR count). The number of hydrogen-bond acceptors (Lipinski definition) is 7. The van der Waals surface area contributed by atoms with Crippen molar-refractivity contribution >= 4 is 29.1 Å². The monoisotopic (exact) mass is 571 g/mol. The lowest BCUT2D eigenvalue weighted by molar-refractivity contribution is -0.144. The van der Waals surface area contributed by atoms with Gasteiger partial charge in [-0.3, -0.25) is 14.4 Å². The standard InChI is InChI=1S/C30H45N5O4S/c1-19(21-11-13-22(14-12-21)26-20(2)32-18-40-26)33-28(38)24-16-23(36)17-35(24)29(39)27(30(3,4)5)34-25(37)10-8-6-7-9-15-31/h11-14,18-19,23-24,27,36H,6-10,15-17,31H2,1-5H3,(H,33,38)(H,34,37)/t19-,23+,24-,27+/m0/s1. The Bertz CT molecular complexity index is 1140. The van der Waals surface area contributed by atoms with Gasteiger partial charge in [-0.25, -0.2) is 4.98 Å². The SMILES string of the molecule is Cc1ncsc1-c1ccc([C@H](C)NC(=O)[C@@H]2C[C@@H](O)CN2C(=O)[C@@H](NC(=O)CCCCCCN)C(C)(C)C)cc1. The fourth-order valence-electron chi connectivity index (χ4n) is 5.03. The Hall–Kier alpha value is -2.82. The van der Waals surface area contributed by atoms with Crippen LogP contribution in [0.3, 0.4) is 0 Å². The molecule has 1 saturated heterocycles. The second-order valence-electron chi connectivity index (χ2n) is 11.8. The van der Waals surface area contributed by atoms with E-state index in [1.165, 1.54) is 4.90 Å². The van der Waals surface area contributed by atoms with Gasteiger partial charge in [-0.2, -0.15) is 0 Å². The normalized spacial score (nSPS) is 18.8. The number of unbranched alkanes of at least 4 members (excludes halogenated alkanes) is 3. The van der Waals surface area contributed by atoms with E-state index in [-0.39, 0.29) is 36.7 Å². The van der Waals surface area contributed by atoms with Gasteiger partial charge >= 0.3 is 0 Å². The van der Waals surface area contributed by atoms with E-state index >= 15 is 0 Å². The summed E-state index contributed by atoms with van der Waals surface area (Å²) in [4.78, 5) is 46.7. The number of likely N-dealkylation sites (tertiary alicyclic amines) is 1. The number of aryl methyl sites for hydroxylation is 1. The van der Waals surface area contributed by atoms with E-state index in [0.717, 1.165) is 47.4 Å². The molecule has 0 saturated carbocycles. The number of rotatable bonds is 12. The number of carbonyl (C=O) groups is 3. The molecule has 220 valence electrons. The quantitative estimate of drug-likeness (QED) is 0.287. The molecule has 1 aliphatic rings. The van der Waals surface area contributed by atoms with E-state index in [1.54, 1.807) is 11.3 Å². The molecule has 1 fully saturated rings. The smallest absolute Gasteiger partial charge is 0.246 e. The van der Waals surface area contributed by atoms with E-state index in [4.69, 9.17) is 5.73 Å². The van der Waals surface area contributed by atoms with Crippen LogP contribution in [0.1, 0.15) is 83.5 Å². The average molecular weight is 572 g/mol. The predicted molar refractivity (Wildman–Crippen MR) is 158 cm³/mol. The number of hydrogen-bond donors (Lipinski definition) is 4. The van der Waals surface area contributed by atoms with Crippen molar-refractivity contribution in [3.8, 4) is 10.4 Å². The van der Waals surface area contributed by atoms with Crippen molar-refractivity contribution in [2.75, 3.05) is 13.1 Å². The number of thiazole rings is 1. The maximum Gasteiger partial charge on any atom is 0.246 e. The molecule has 10 heteroatoms. The molecule has 2 heterocycles. The molecule has 0 spiro atoms. The molecule has 0 bridgehead atoms. The van der Waals surface area contributed by atoms with Crippen LogP contribution in [-0.4, -0.2) is 64.0 Å². The molecule has 3 amide bonds. The maximum atomic E-state index is 13.7. The van der Waals surface area contributed by atoms with Crippen LogP contribution in [0.25, 0.3) is 10.4 Å². The summed E-state index contributed by atoms with van der Waals surface area (Å²) < 4.78 is 0. The zero-order valence-electron chi connectivity index (χ0n) is 24.4. The highest BCUT2D eigenvalue weighted by Gasteiger charge is 2.44. The first-order chi connectivity index (χ1) is 18.9. The Kier molecular flexibility index (Phi) is 11.2. The number of amides is 3. The first-order valence-electron chi connectivity index (χ1n) is 14.2. The van der Waals surface area contributed by atoms with E-state index in [9.17, 15) is 19.5 Å². The molecule has 0 unspecified atom stereocenters. The van der Waals surface area contributed by atoms with Crippen molar-refractivity contribution in [1.82, 2.24) is 20.5 Å². The van der Waals surface area contributed by atoms with E-state index < -0.39 is 23.6 Å². The minimum Gasteiger partial charge on any atom is -0.391 e. The first-order valence-corrected chi connectivity index (χ1v) is 15.1. The summed E-state index contributed by atoms with van der Waals surface area (Å²) in [7, 11) is 0. The summed E-state index contributed by atoms with van der Waals surface area (Å²) in [5.41, 5.74) is 9.77. The third-order valence-corrected chi connectivity index (χ3v) is 8.40. The van der Waals surface area contributed by atoms with Crippen LogP contribution in [0.5, 0.6) is 0 Å². The summed E-state index contributed by atoms with van der Waals surface area (Å²) in [6, 6.07) is 6.06. The lowest BCUT2D eigenvalue weighted by Crippen LogP contribution is -2.57. The molecule has 0 radical (unpaired) electrons. The predicted octanol–water partition coefficient (Wildman–Crippen LogP) is 3.70. The lowest BCUT2D eigenvalue weighted by Gasteiger charge is -2.35. The molecule has 0 aliphatic carbocycles. The van der Waals surface area contributed by atoms with Crippen molar-refractivity contribution in [1.29, 1.82) is 0 Å². The number of β-amino-alcohol motifs (C(OH)–C–C–N with tert-alkyl or cyclic N) is 1. The topological polar surface area (TPSA) is 138 Å². The van der Waals surface area contributed by atoms with Crippen molar-refractivity contribution < 1.29 is 19.5 Å². The average Bonchev–Trinajstić information content (AvgIpc) is 3.51. The zero-order chi connectivity index (χ0) is 29.4. The minimum atomic E-state index is -0.818. The number of nitrogens with one attached hydrogen (secondary N) is 2. The van der Waals surface area contributed by atoms with Crippen LogP contribution in [-0.2, 0) is 14.4 Å². The molecule has 4 atom stereocenters. The Labute approximate surface area is 241 Å². The number of aliphatic hydroxyl groups is 1. The van der Waals surface area contributed by atoms with Gasteiger partial charge in [0.15, 0.2) is 0 Å². The third kappa shape index (κ3) is 8.34. The van der Waals surface area contributed by atoms with Gasteiger partial charge < -0.3 is 26.4 Å². The fraction of sp³-hybridized carbons (Fsp3) is 0.600. The Morgan fingerprint density at radius 3 is 2.40 bits per heavy atom. The van der Waals surface area contributed by atoms with Gasteiger partial charge in [-0.05, 0) is 49.8 Å². The molecule has 5 N–H and O–H groups in total. The second-order valence-corrected chi connectivity index (χ2v) is 12.7. The third-order valence-electron chi connectivity index (χ3n) is 7.42. The lowest BCUT2D eigenvalue weighted by atomic mass is 9.85. The number of aliphatic hydroxyl groups excluding tert-OH is 1. The van der Waals surface area contributed by atoms with Crippen LogP contribution in [0.15, 0.2) is 29.8 Å². The van der Waals surface area contributed by atoms with Gasteiger partial charge in [0.1, 0.15) is 12.1 Å². The summed E-state index contributed by atoms with van der Waals surface area (Å²) in [6.07, 6.45) is 3.22. The number of carbonyl (C=O) groups excluding carboxylic acids is 3. The second kappa shape index (κ2) is 14.2. The Morgan fingerprint density at radius 2 is 1.80 bits per heavy atom. The Balaban J connectivity index is 1.65. The molecule has 9 nitrogen and oxygen atoms in total. The first kappa shape index (κ1) is 31.7. The highest BCUT2D eigenvalue weighted by Crippen LogP contribution is 2.29. The van der Waals surface area contributed by atoms with Crippen LogP contribution in [0.2, 0.25) is 0 Å². The summed E-state index contributed by atoms with van der Waals surface area (Å²) in [5, 5.41) is 16.4. The molecular formula is C30H45N5O4S. The number of aromatic nitrogens is 1. The minimum absolute atomic E-state index is 0.0513. The summed E-state index contributed by atoms with van der Waals surface area (Å²) in [5.74, 6) is -0.858. The van der Waals surface area contributed by atoms with Crippen LogP contribution < -0.4 is 16.4 Å². The van der Waals surface area contributed by atoms with Gasteiger partial charge in [-0.1, -0.05) is 57.9 Å². The molecule has 1 aromatic heterocycles. The summed E-state index contributed by atoms with van der Waals surface area (Å²) in [6.45, 7) is 10.2. The highest BCUT2D eigenvalue weighted by molar-refractivity contribution is 7.13. The van der Waals surface area contributed by atoms with Crippen molar-refractivity contribution in [3.63, 3.8) is 0 Å². The fourth-order valence-corrected chi connectivity index (χ4v) is 5.84. The molecule has 2 aromatic rings. The van der Waals surface area contributed by atoms with Crippen molar-refractivity contribution in [2.45, 2.75) is 97.4 Å². The molecular weight excluding hydrogens is 526 g/mol. The van der Waals surface area contributed by atoms with Crippen LogP contribution in [0.4, 0.5) is 0 Å². The van der Waals surface area contributed by atoms with Crippen molar-refractivity contribution in [2.24, 2.45) is 11.1 Å². The Morgan fingerprint density at radius 1 is 1.12 bits per heavy atom. The van der Waals surface area contributed by atoms with Gasteiger partial charge in [0.25, 0.3) is 0 Å². The largest absolute Gasteiger partial charge is 0.391 e. The highest BCUT2D eigenvalue weighted by atomic mass is 32.1. The number of benzene rings is 1. The summed E-state index contributed by atoms with van der Waals surface area (Å²) >= 11 is 1.59. The van der Waals surface area contributed by atoms with Crippen molar-refractivity contribution in [3.05, 3.63) is 41.0 Å². The van der Waals surface area contributed by atoms with Gasteiger partial charge in [0, 0.05) is 19.4 Å². The molecule has 40 heavy (non-hydrogen) atoms. The van der Waals surface area contributed by atoms with E-state index in [1.807, 2.05) is 64.4 Å². The zero-order valence-corrected chi connectivity index (χ0v) is 25.2. The van der Waals surface area contributed by atoms with Gasteiger partial charge in [0.05, 0.1) is 28.2 Å². The maximum absolute atomic E-state index is 13.7. The van der Waals surface area contributed by atoms with Gasteiger partial charge in [0.2, 0.25) is 17.7 Å². The number of nitrogens with two attached hydrogens (primary N) is 1. The molecule has 1 aromatic carbocycles. The van der Waals surface area contributed by atoms with Gasteiger partial charge in [-0.15, -0.1) is 11.3 Å². The van der Waals surface area contributed by atoms with E-state index in [2.05, 4.69) is 15.6 Å². The molecule has 1 aliphatic heterocycles. The van der Waals surface area contributed by atoms with Crippen LogP contribution >= 0.6 is 11.3 Å². The van der Waals surface area contributed by atoms with E-state index in [0.29, 0.717) is 13.0 Å². The van der Waals surface area contributed by atoms with Crippen LogP contribution in [0, 0.1) is 12.3 Å². The number of nitrogens with zero attached hydrogens (tertiary/aromatic N) is 2.